The van der Waals surface area contributed by atoms with Gasteiger partial charge in [-0.25, -0.2) is 14.6 Å². The van der Waals surface area contributed by atoms with E-state index in [0.29, 0.717) is 29.0 Å². The highest BCUT2D eigenvalue weighted by Crippen LogP contribution is 2.24. The molecule has 1 amide bonds. The summed E-state index contributed by atoms with van der Waals surface area (Å²) in [7, 11) is 0. The number of nitrogen functional groups attached to an aromatic ring is 1. The van der Waals surface area contributed by atoms with E-state index in [0.717, 1.165) is 11.3 Å². The molecule has 1 unspecified atom stereocenters. The van der Waals surface area contributed by atoms with E-state index in [1.54, 1.807) is 12.2 Å². The first kappa shape index (κ1) is 12.9. The Balaban J connectivity index is 2.01. The van der Waals surface area contributed by atoms with Gasteiger partial charge in [0, 0.05) is 23.4 Å². The van der Waals surface area contributed by atoms with Gasteiger partial charge in [-0.1, -0.05) is 22.0 Å². The molecule has 20 heavy (non-hydrogen) atoms. The zero-order valence-electron chi connectivity index (χ0n) is 10.5. The molecule has 0 bridgehead atoms. The van der Waals surface area contributed by atoms with E-state index in [1.165, 1.54) is 0 Å². The van der Waals surface area contributed by atoms with Gasteiger partial charge in [0.15, 0.2) is 5.52 Å². The molecule has 0 fully saturated rings. The number of hydrogen-bond acceptors (Lipinski definition) is 6. The number of aryl methyl sites for hydroxylation is 1. The van der Waals surface area contributed by atoms with Gasteiger partial charge in [-0.15, -0.1) is 0 Å². The SMILES string of the molecule is Cc1nc2nonc2c(N)c1CC1=NC(=O)C(Br)C=C1. The van der Waals surface area contributed by atoms with E-state index < -0.39 is 0 Å². The second-order valence-corrected chi connectivity index (χ2v) is 5.39. The van der Waals surface area contributed by atoms with Crippen molar-refractivity contribution in [2.24, 2.45) is 4.99 Å². The van der Waals surface area contributed by atoms with Gasteiger partial charge >= 0.3 is 0 Å². The fourth-order valence-corrected chi connectivity index (χ4v) is 2.27. The van der Waals surface area contributed by atoms with Crippen molar-refractivity contribution in [3.63, 3.8) is 0 Å². The molecule has 0 saturated carbocycles. The first-order valence-corrected chi connectivity index (χ1v) is 6.78. The fraction of sp³-hybridized carbons (Fsp3) is 0.250. The quantitative estimate of drug-likeness (QED) is 0.830. The first-order valence-electron chi connectivity index (χ1n) is 5.87. The number of fused-ring (bicyclic) bond motifs is 1. The topological polar surface area (TPSA) is 107 Å². The molecule has 2 aromatic rings. The Hall–Kier alpha value is -2.09. The second kappa shape index (κ2) is 4.78. The third-order valence-corrected chi connectivity index (χ3v) is 3.76. The Bertz CT molecular complexity index is 765. The van der Waals surface area contributed by atoms with Gasteiger partial charge in [-0.05, 0) is 23.3 Å². The fourth-order valence-electron chi connectivity index (χ4n) is 2.01. The number of nitrogens with zero attached hydrogens (tertiary/aromatic N) is 4. The van der Waals surface area contributed by atoms with E-state index in [9.17, 15) is 4.79 Å². The molecule has 1 atom stereocenters. The minimum Gasteiger partial charge on any atom is -0.396 e. The van der Waals surface area contributed by atoms with Crippen molar-refractivity contribution in [2.75, 3.05) is 5.73 Å². The maximum Gasteiger partial charge on any atom is 0.263 e. The average molecular weight is 336 g/mol. The number of amides is 1. The van der Waals surface area contributed by atoms with Crippen LogP contribution < -0.4 is 5.73 Å². The van der Waals surface area contributed by atoms with Gasteiger partial charge in [0.2, 0.25) is 5.65 Å². The molecule has 7 nitrogen and oxygen atoms in total. The second-order valence-electron chi connectivity index (χ2n) is 4.40. The Labute approximate surface area is 122 Å². The van der Waals surface area contributed by atoms with E-state index >= 15 is 0 Å². The molecule has 3 rings (SSSR count). The number of carbonyl (C=O) groups is 1. The van der Waals surface area contributed by atoms with Crippen LogP contribution in [0.25, 0.3) is 11.2 Å². The normalized spacial score (nSPS) is 18.6. The standard InChI is InChI=1S/C12H10BrN5O2/c1-5-7(4-6-2-3-8(13)12(19)16-6)9(14)10-11(15-5)18-20-17-10/h2-3,8H,4,14H2,1H3. The Morgan fingerprint density at radius 2 is 2.25 bits per heavy atom. The first-order chi connectivity index (χ1) is 9.56. The largest absolute Gasteiger partial charge is 0.396 e. The molecule has 0 radical (unpaired) electrons. The maximum atomic E-state index is 11.6. The van der Waals surface area contributed by atoms with Gasteiger partial charge < -0.3 is 5.73 Å². The number of aromatic nitrogens is 3. The lowest BCUT2D eigenvalue weighted by atomic mass is 10.0. The number of carbonyl (C=O) groups excluding carboxylic acids is 1. The Morgan fingerprint density at radius 1 is 1.45 bits per heavy atom. The lowest BCUT2D eigenvalue weighted by Crippen LogP contribution is -2.18. The van der Waals surface area contributed by atoms with Crippen LogP contribution in [-0.4, -0.2) is 31.7 Å². The zero-order chi connectivity index (χ0) is 14.3. The predicted molar refractivity (Wildman–Crippen MR) is 76.7 cm³/mol. The lowest BCUT2D eigenvalue weighted by Gasteiger charge is -2.11. The van der Waals surface area contributed by atoms with Crippen molar-refractivity contribution >= 4 is 44.4 Å². The van der Waals surface area contributed by atoms with Crippen molar-refractivity contribution < 1.29 is 9.42 Å². The summed E-state index contributed by atoms with van der Waals surface area (Å²) >= 11 is 3.21. The molecule has 1 aliphatic heterocycles. The molecule has 2 N–H and O–H groups in total. The number of allylic oxidation sites excluding steroid dienone is 1. The van der Waals surface area contributed by atoms with Crippen LogP contribution in [-0.2, 0) is 11.2 Å². The van der Waals surface area contributed by atoms with Crippen LogP contribution in [0.15, 0.2) is 21.8 Å². The number of anilines is 1. The highest BCUT2D eigenvalue weighted by Gasteiger charge is 2.19. The number of pyridine rings is 1. The number of nitrogens with two attached hydrogens (primary N) is 1. The maximum absolute atomic E-state index is 11.6. The highest BCUT2D eigenvalue weighted by atomic mass is 79.9. The van der Waals surface area contributed by atoms with Gasteiger partial charge in [0.05, 0.1) is 5.69 Å². The third kappa shape index (κ3) is 2.11. The number of aliphatic imine (C=N–C) groups is 1. The van der Waals surface area contributed by atoms with Crippen LogP contribution >= 0.6 is 15.9 Å². The highest BCUT2D eigenvalue weighted by molar-refractivity contribution is 9.10. The van der Waals surface area contributed by atoms with Gasteiger partial charge in [0.25, 0.3) is 5.91 Å². The van der Waals surface area contributed by atoms with Gasteiger partial charge in [-0.3, -0.25) is 4.79 Å². The van der Waals surface area contributed by atoms with Crippen LogP contribution in [0, 0.1) is 6.92 Å². The Morgan fingerprint density at radius 3 is 3.00 bits per heavy atom. The molecule has 102 valence electrons. The molecule has 0 saturated heterocycles. The average Bonchev–Trinajstić information content (AvgIpc) is 2.87. The number of halogens is 1. The molecule has 1 aliphatic rings. The minimum absolute atomic E-state index is 0.226. The summed E-state index contributed by atoms with van der Waals surface area (Å²) in [5.74, 6) is -0.226. The number of dihydropyridines is 1. The van der Waals surface area contributed by atoms with Gasteiger partial charge in [-0.2, -0.15) is 0 Å². The molecular formula is C12H10BrN5O2. The summed E-state index contributed by atoms with van der Waals surface area (Å²) in [6.07, 6.45) is 3.96. The summed E-state index contributed by atoms with van der Waals surface area (Å²) in [6, 6.07) is 0. The lowest BCUT2D eigenvalue weighted by molar-refractivity contribution is -0.116. The molecule has 0 aliphatic carbocycles. The number of rotatable bonds is 2. The van der Waals surface area contributed by atoms with Crippen molar-refractivity contribution in [1.82, 2.24) is 15.3 Å². The third-order valence-electron chi connectivity index (χ3n) is 3.07. The molecule has 0 spiro atoms. The van der Waals surface area contributed by atoms with E-state index in [2.05, 4.69) is 40.8 Å². The molecule has 2 aromatic heterocycles. The van der Waals surface area contributed by atoms with Crippen molar-refractivity contribution in [1.29, 1.82) is 0 Å². The minimum atomic E-state index is -0.356. The van der Waals surface area contributed by atoms with E-state index in [4.69, 9.17) is 5.73 Å². The summed E-state index contributed by atoms with van der Waals surface area (Å²) < 4.78 is 4.63. The Kier molecular flexibility index (Phi) is 3.09. The number of alkyl halides is 1. The predicted octanol–water partition coefficient (Wildman–Crippen LogP) is 1.35. The van der Waals surface area contributed by atoms with Crippen molar-refractivity contribution in [2.45, 2.75) is 18.2 Å². The van der Waals surface area contributed by atoms with Crippen LogP contribution in [0.3, 0.4) is 0 Å². The zero-order valence-corrected chi connectivity index (χ0v) is 12.1. The van der Waals surface area contributed by atoms with Crippen LogP contribution in [0.1, 0.15) is 11.3 Å². The van der Waals surface area contributed by atoms with E-state index in [-0.39, 0.29) is 10.7 Å². The van der Waals surface area contributed by atoms with E-state index in [1.807, 2.05) is 6.92 Å². The summed E-state index contributed by atoms with van der Waals surface area (Å²) in [5, 5.41) is 7.40. The molecule has 0 aromatic carbocycles. The van der Waals surface area contributed by atoms with Crippen LogP contribution in [0.5, 0.6) is 0 Å². The van der Waals surface area contributed by atoms with Crippen LogP contribution in [0.2, 0.25) is 0 Å². The van der Waals surface area contributed by atoms with Crippen molar-refractivity contribution in [3.05, 3.63) is 23.4 Å². The molecule has 3 heterocycles. The van der Waals surface area contributed by atoms with Crippen LogP contribution in [0.4, 0.5) is 5.69 Å². The summed E-state index contributed by atoms with van der Waals surface area (Å²) in [5.41, 5.74) is 9.46. The number of hydrogen-bond donors (Lipinski definition) is 1. The smallest absolute Gasteiger partial charge is 0.263 e. The molecule has 8 heteroatoms. The monoisotopic (exact) mass is 335 g/mol. The summed E-state index contributed by atoms with van der Waals surface area (Å²) in [6.45, 7) is 1.82. The van der Waals surface area contributed by atoms with Gasteiger partial charge in [0.1, 0.15) is 4.83 Å². The molecular weight excluding hydrogens is 326 g/mol. The van der Waals surface area contributed by atoms with Crippen molar-refractivity contribution in [3.8, 4) is 0 Å². The summed E-state index contributed by atoms with van der Waals surface area (Å²) in [4.78, 5) is 19.5.